The van der Waals surface area contributed by atoms with E-state index in [4.69, 9.17) is 4.74 Å². The topological polar surface area (TPSA) is 41.5 Å². The van der Waals surface area contributed by atoms with Crippen LogP contribution in [0.15, 0.2) is 24.3 Å². The van der Waals surface area contributed by atoms with Gasteiger partial charge in [0.1, 0.15) is 5.75 Å². The molecule has 1 aliphatic rings. The largest absolute Gasteiger partial charge is 0.493 e. The number of aliphatic hydroxyl groups excluding tert-OH is 1. The van der Waals surface area contributed by atoms with E-state index >= 15 is 0 Å². The molecule has 3 atom stereocenters. The Labute approximate surface area is 109 Å². The van der Waals surface area contributed by atoms with Gasteiger partial charge in [0.25, 0.3) is 0 Å². The van der Waals surface area contributed by atoms with Crippen LogP contribution in [0.2, 0.25) is 0 Å². The third-order valence-electron chi connectivity index (χ3n) is 3.64. The molecule has 0 saturated carbocycles. The molecule has 0 aromatic heterocycles. The van der Waals surface area contributed by atoms with Crippen LogP contribution in [0.3, 0.4) is 0 Å². The van der Waals surface area contributed by atoms with Crippen LogP contribution in [-0.2, 0) is 0 Å². The van der Waals surface area contributed by atoms with Crippen molar-refractivity contribution < 1.29 is 9.84 Å². The number of aliphatic hydroxyl groups is 1. The molecule has 3 heteroatoms. The minimum Gasteiger partial charge on any atom is -0.493 e. The molecule has 0 saturated heterocycles. The van der Waals surface area contributed by atoms with Crippen LogP contribution in [0.4, 0.5) is 0 Å². The van der Waals surface area contributed by atoms with Crippen molar-refractivity contribution in [2.75, 3.05) is 13.2 Å². The highest BCUT2D eigenvalue weighted by molar-refractivity contribution is 5.37. The Balaban J connectivity index is 1.98. The van der Waals surface area contributed by atoms with Crippen LogP contribution in [0.5, 0.6) is 5.75 Å². The Morgan fingerprint density at radius 3 is 3.00 bits per heavy atom. The van der Waals surface area contributed by atoms with Gasteiger partial charge in [0, 0.05) is 17.5 Å². The predicted octanol–water partition coefficient (Wildman–Crippen LogP) is 2.51. The molecule has 0 amide bonds. The molecule has 0 bridgehead atoms. The van der Waals surface area contributed by atoms with Crippen molar-refractivity contribution in [2.24, 2.45) is 5.92 Å². The summed E-state index contributed by atoms with van der Waals surface area (Å²) in [5, 5.41) is 13.1. The Morgan fingerprint density at radius 1 is 1.44 bits per heavy atom. The standard InChI is InChI=1S/C15H23NO2/c1-3-12(17)8-9-16-15-11(2)10-18-14-7-5-4-6-13(14)15/h4-7,11-12,15-17H,3,8-10H2,1-2H3. The lowest BCUT2D eigenvalue weighted by Crippen LogP contribution is -2.35. The summed E-state index contributed by atoms with van der Waals surface area (Å²) < 4.78 is 5.73. The minimum absolute atomic E-state index is 0.192. The Bertz CT molecular complexity index is 381. The molecule has 1 aromatic carbocycles. The fourth-order valence-corrected chi connectivity index (χ4v) is 2.41. The molecule has 2 rings (SSSR count). The minimum atomic E-state index is -0.192. The van der Waals surface area contributed by atoms with Gasteiger partial charge in [-0.05, 0) is 25.5 Å². The van der Waals surface area contributed by atoms with Crippen molar-refractivity contribution >= 4 is 0 Å². The molecule has 3 unspecified atom stereocenters. The number of benzene rings is 1. The van der Waals surface area contributed by atoms with Crippen molar-refractivity contribution in [3.63, 3.8) is 0 Å². The molecule has 1 heterocycles. The molecule has 0 fully saturated rings. The first-order valence-corrected chi connectivity index (χ1v) is 6.85. The number of para-hydroxylation sites is 1. The number of hydrogen-bond acceptors (Lipinski definition) is 3. The van der Waals surface area contributed by atoms with Gasteiger partial charge in [-0.1, -0.05) is 32.0 Å². The normalized spacial score (nSPS) is 24.2. The smallest absolute Gasteiger partial charge is 0.124 e. The summed E-state index contributed by atoms with van der Waals surface area (Å²) in [5.41, 5.74) is 1.24. The molecule has 3 nitrogen and oxygen atoms in total. The lowest BCUT2D eigenvalue weighted by Gasteiger charge is -2.32. The maximum Gasteiger partial charge on any atom is 0.124 e. The van der Waals surface area contributed by atoms with Gasteiger partial charge in [-0.15, -0.1) is 0 Å². The summed E-state index contributed by atoms with van der Waals surface area (Å²) in [7, 11) is 0. The van der Waals surface area contributed by atoms with E-state index in [1.54, 1.807) is 0 Å². The van der Waals surface area contributed by atoms with Crippen molar-refractivity contribution in [1.29, 1.82) is 0 Å². The summed E-state index contributed by atoms with van der Waals surface area (Å²) in [5.74, 6) is 1.45. The summed E-state index contributed by atoms with van der Waals surface area (Å²) >= 11 is 0. The van der Waals surface area contributed by atoms with E-state index in [-0.39, 0.29) is 6.10 Å². The Hall–Kier alpha value is -1.06. The summed E-state index contributed by atoms with van der Waals surface area (Å²) in [6.07, 6.45) is 1.44. The fourth-order valence-electron chi connectivity index (χ4n) is 2.41. The van der Waals surface area contributed by atoms with E-state index < -0.39 is 0 Å². The highest BCUT2D eigenvalue weighted by Crippen LogP contribution is 2.34. The Kier molecular flexibility index (Phi) is 4.61. The van der Waals surface area contributed by atoms with Crippen LogP contribution in [-0.4, -0.2) is 24.4 Å². The van der Waals surface area contributed by atoms with Crippen LogP contribution in [0.25, 0.3) is 0 Å². The van der Waals surface area contributed by atoms with Crippen LogP contribution in [0, 0.1) is 5.92 Å². The molecule has 1 aromatic rings. The van der Waals surface area contributed by atoms with Gasteiger partial charge in [-0.2, -0.15) is 0 Å². The van der Waals surface area contributed by atoms with E-state index in [0.29, 0.717) is 12.0 Å². The first kappa shape index (κ1) is 13.4. The molecule has 2 N–H and O–H groups in total. The monoisotopic (exact) mass is 249 g/mol. The second kappa shape index (κ2) is 6.21. The first-order valence-electron chi connectivity index (χ1n) is 6.85. The van der Waals surface area contributed by atoms with E-state index in [2.05, 4.69) is 24.4 Å². The molecule has 0 radical (unpaired) electrons. The maximum atomic E-state index is 9.58. The molecule has 18 heavy (non-hydrogen) atoms. The number of rotatable bonds is 5. The van der Waals surface area contributed by atoms with Gasteiger partial charge in [0.15, 0.2) is 0 Å². The number of nitrogens with one attached hydrogen (secondary N) is 1. The van der Waals surface area contributed by atoms with Crippen molar-refractivity contribution in [1.82, 2.24) is 5.32 Å². The molecule has 0 spiro atoms. The quantitative estimate of drug-likeness (QED) is 0.842. The van der Waals surface area contributed by atoms with E-state index in [1.807, 2.05) is 19.1 Å². The second-order valence-corrected chi connectivity index (χ2v) is 5.11. The van der Waals surface area contributed by atoms with E-state index in [1.165, 1.54) is 5.56 Å². The van der Waals surface area contributed by atoms with Gasteiger partial charge in [-0.25, -0.2) is 0 Å². The van der Waals surface area contributed by atoms with Crippen molar-refractivity contribution in [3.05, 3.63) is 29.8 Å². The lowest BCUT2D eigenvalue weighted by molar-refractivity contribution is 0.150. The zero-order valence-electron chi connectivity index (χ0n) is 11.2. The van der Waals surface area contributed by atoms with Crippen LogP contribution < -0.4 is 10.1 Å². The summed E-state index contributed by atoms with van der Waals surface area (Å²) in [6, 6.07) is 8.54. The third-order valence-corrected chi connectivity index (χ3v) is 3.64. The molecular formula is C15H23NO2. The van der Waals surface area contributed by atoms with Gasteiger partial charge in [0.2, 0.25) is 0 Å². The lowest BCUT2D eigenvalue weighted by atomic mass is 9.92. The van der Waals surface area contributed by atoms with Gasteiger partial charge < -0.3 is 15.2 Å². The van der Waals surface area contributed by atoms with Crippen molar-refractivity contribution in [3.8, 4) is 5.75 Å². The summed E-state index contributed by atoms with van der Waals surface area (Å²) in [6.45, 7) is 5.81. The van der Waals surface area contributed by atoms with Crippen LogP contribution in [0.1, 0.15) is 38.3 Å². The SMILES string of the molecule is CCC(O)CCNC1c2ccccc2OCC1C. The van der Waals surface area contributed by atoms with Crippen LogP contribution >= 0.6 is 0 Å². The summed E-state index contributed by atoms with van der Waals surface area (Å²) in [4.78, 5) is 0. The van der Waals surface area contributed by atoms with Gasteiger partial charge >= 0.3 is 0 Å². The molecule has 100 valence electrons. The van der Waals surface area contributed by atoms with Crippen molar-refractivity contribution in [2.45, 2.75) is 38.8 Å². The fraction of sp³-hybridized carbons (Fsp3) is 0.600. The van der Waals surface area contributed by atoms with E-state index in [9.17, 15) is 5.11 Å². The van der Waals surface area contributed by atoms with Gasteiger partial charge in [0.05, 0.1) is 12.7 Å². The third kappa shape index (κ3) is 3.03. The average molecular weight is 249 g/mol. The second-order valence-electron chi connectivity index (χ2n) is 5.11. The molecule has 1 aliphatic heterocycles. The molecular weight excluding hydrogens is 226 g/mol. The first-order chi connectivity index (χ1) is 8.72. The van der Waals surface area contributed by atoms with Gasteiger partial charge in [-0.3, -0.25) is 0 Å². The zero-order chi connectivity index (χ0) is 13.0. The Morgan fingerprint density at radius 2 is 2.22 bits per heavy atom. The highest BCUT2D eigenvalue weighted by atomic mass is 16.5. The number of ether oxygens (including phenoxy) is 1. The number of fused-ring (bicyclic) bond motifs is 1. The average Bonchev–Trinajstić information content (AvgIpc) is 2.41. The maximum absolute atomic E-state index is 9.58. The predicted molar refractivity (Wildman–Crippen MR) is 72.8 cm³/mol. The number of hydrogen-bond donors (Lipinski definition) is 2. The molecule has 0 aliphatic carbocycles. The van der Waals surface area contributed by atoms with E-state index in [0.717, 1.165) is 31.7 Å². The highest BCUT2D eigenvalue weighted by Gasteiger charge is 2.26. The zero-order valence-corrected chi connectivity index (χ0v) is 11.2.